The topological polar surface area (TPSA) is 92.2 Å². The Hall–Kier alpha value is -2.55. The van der Waals surface area contributed by atoms with Crippen LogP contribution in [0.1, 0.15) is 12.0 Å². The van der Waals surface area contributed by atoms with Gasteiger partial charge in [-0.15, -0.1) is 5.10 Å². The number of anilines is 1. The molecule has 3 rings (SSSR count). The highest BCUT2D eigenvalue weighted by Crippen LogP contribution is 2.30. The highest BCUT2D eigenvalue weighted by Gasteiger charge is 2.32. The molecule has 1 saturated heterocycles. The number of para-hydroxylation sites is 1. The van der Waals surface area contributed by atoms with E-state index in [0.717, 1.165) is 17.3 Å². The molecule has 1 unspecified atom stereocenters. The number of benzene rings is 2. The lowest BCUT2D eigenvalue weighted by molar-refractivity contribution is -0.122. The van der Waals surface area contributed by atoms with Crippen molar-refractivity contribution in [3.05, 3.63) is 58.1 Å². The number of rotatable bonds is 6. The normalized spacial score (nSPS) is 17.6. The first kappa shape index (κ1) is 21.2. The van der Waals surface area contributed by atoms with Crippen LogP contribution in [0.15, 0.2) is 52.7 Å². The Morgan fingerprint density at radius 3 is 2.86 bits per heavy atom. The molecule has 7 nitrogen and oxygen atoms in total. The highest BCUT2D eigenvalue weighted by atomic mass is 35.5. The number of amidine groups is 1. The zero-order chi connectivity index (χ0) is 20.8. The summed E-state index contributed by atoms with van der Waals surface area (Å²) in [7, 11) is 1.57. The first-order chi connectivity index (χ1) is 14.0. The second-order valence-corrected chi connectivity index (χ2v) is 7.82. The average molecular weight is 451 g/mol. The van der Waals surface area contributed by atoms with Crippen LogP contribution < -0.4 is 15.4 Å². The fourth-order valence-electron chi connectivity index (χ4n) is 2.47. The van der Waals surface area contributed by atoms with Gasteiger partial charge >= 0.3 is 0 Å². The van der Waals surface area contributed by atoms with Crippen LogP contribution in [0.2, 0.25) is 10.0 Å². The van der Waals surface area contributed by atoms with Gasteiger partial charge in [0.15, 0.2) is 5.17 Å². The lowest BCUT2D eigenvalue weighted by atomic mass is 10.2. The summed E-state index contributed by atoms with van der Waals surface area (Å²) in [5.74, 6) is -0.0112. The van der Waals surface area contributed by atoms with Crippen molar-refractivity contribution in [1.82, 2.24) is 5.32 Å². The fourth-order valence-corrected chi connectivity index (χ4v) is 3.74. The molecule has 2 N–H and O–H groups in total. The standard InChI is InChI=1S/C19H16Cl2N4O3S/c1-28-14-8-3-2-5-11(14)10-22-25-19-24-18(27)15(29-19)9-16(26)23-13-7-4-6-12(20)17(13)21/h2-8,10,15H,9H2,1H3,(H,23,26)(H,24,25,27). The molecule has 2 aromatic carbocycles. The number of carbonyl (C=O) groups is 2. The van der Waals surface area contributed by atoms with Crippen molar-refractivity contribution in [3.8, 4) is 5.75 Å². The quantitative estimate of drug-likeness (QED) is 0.514. The van der Waals surface area contributed by atoms with E-state index in [1.807, 2.05) is 18.2 Å². The molecule has 2 amide bonds. The number of amides is 2. The molecular formula is C19H16Cl2N4O3S. The van der Waals surface area contributed by atoms with Crippen molar-refractivity contribution in [2.75, 3.05) is 12.4 Å². The van der Waals surface area contributed by atoms with Gasteiger partial charge in [-0.1, -0.05) is 53.2 Å². The van der Waals surface area contributed by atoms with E-state index in [1.54, 1.807) is 31.4 Å². The summed E-state index contributed by atoms with van der Waals surface area (Å²) in [6, 6.07) is 12.3. The molecule has 1 heterocycles. The van der Waals surface area contributed by atoms with E-state index in [2.05, 4.69) is 20.8 Å². The van der Waals surface area contributed by atoms with Crippen LogP contribution >= 0.6 is 35.0 Å². The summed E-state index contributed by atoms with van der Waals surface area (Å²) in [4.78, 5) is 24.4. The lowest BCUT2D eigenvalue weighted by Crippen LogP contribution is -2.28. The van der Waals surface area contributed by atoms with E-state index in [0.29, 0.717) is 21.6 Å². The third-order valence-electron chi connectivity index (χ3n) is 3.86. The van der Waals surface area contributed by atoms with Gasteiger partial charge in [0.2, 0.25) is 11.8 Å². The molecule has 1 aliphatic rings. The predicted molar refractivity (Wildman–Crippen MR) is 117 cm³/mol. The van der Waals surface area contributed by atoms with Crippen LogP contribution in [0.25, 0.3) is 0 Å². The number of hydrogen-bond donors (Lipinski definition) is 2. The second-order valence-electron chi connectivity index (χ2n) is 5.84. The van der Waals surface area contributed by atoms with Gasteiger partial charge in [0.1, 0.15) is 11.0 Å². The molecular weight excluding hydrogens is 435 g/mol. The van der Waals surface area contributed by atoms with Gasteiger partial charge in [-0.3, -0.25) is 9.59 Å². The van der Waals surface area contributed by atoms with E-state index in [-0.39, 0.29) is 23.3 Å². The van der Waals surface area contributed by atoms with E-state index < -0.39 is 5.25 Å². The van der Waals surface area contributed by atoms with Gasteiger partial charge in [-0.2, -0.15) is 5.10 Å². The van der Waals surface area contributed by atoms with Gasteiger partial charge in [-0.25, -0.2) is 0 Å². The molecule has 0 bridgehead atoms. The number of nitrogens with zero attached hydrogens (tertiary/aromatic N) is 2. The summed E-state index contributed by atoms with van der Waals surface area (Å²) in [6.07, 6.45) is 1.48. The van der Waals surface area contributed by atoms with Crippen molar-refractivity contribution < 1.29 is 14.3 Å². The summed E-state index contributed by atoms with van der Waals surface area (Å²) >= 11 is 13.1. The van der Waals surface area contributed by atoms with Crippen molar-refractivity contribution in [2.24, 2.45) is 10.2 Å². The molecule has 0 spiro atoms. The summed E-state index contributed by atoms with van der Waals surface area (Å²) in [5, 5.41) is 13.5. The predicted octanol–water partition coefficient (Wildman–Crippen LogP) is 3.95. The minimum Gasteiger partial charge on any atom is -0.496 e. The van der Waals surface area contributed by atoms with Crippen LogP contribution in [0.3, 0.4) is 0 Å². The molecule has 150 valence electrons. The molecule has 2 aromatic rings. The SMILES string of the molecule is COc1ccccc1C=N/N=C1/NC(=O)C(CC(=O)Nc2cccc(Cl)c2Cl)S1. The largest absolute Gasteiger partial charge is 0.496 e. The Bertz CT molecular complexity index is 997. The molecule has 29 heavy (non-hydrogen) atoms. The molecule has 1 fully saturated rings. The fraction of sp³-hybridized carbons (Fsp3) is 0.158. The summed E-state index contributed by atoms with van der Waals surface area (Å²) in [6.45, 7) is 0. The van der Waals surface area contributed by atoms with Crippen molar-refractivity contribution in [3.63, 3.8) is 0 Å². The highest BCUT2D eigenvalue weighted by molar-refractivity contribution is 8.15. The Morgan fingerprint density at radius 2 is 2.07 bits per heavy atom. The van der Waals surface area contributed by atoms with E-state index in [9.17, 15) is 9.59 Å². The zero-order valence-electron chi connectivity index (χ0n) is 15.2. The molecule has 0 saturated carbocycles. The lowest BCUT2D eigenvalue weighted by Gasteiger charge is -2.09. The van der Waals surface area contributed by atoms with Crippen LogP contribution in [0, 0.1) is 0 Å². The van der Waals surface area contributed by atoms with E-state index in [4.69, 9.17) is 27.9 Å². The monoisotopic (exact) mass is 450 g/mol. The zero-order valence-corrected chi connectivity index (χ0v) is 17.5. The van der Waals surface area contributed by atoms with E-state index >= 15 is 0 Å². The number of nitrogens with one attached hydrogen (secondary N) is 2. The Labute approximate surface area is 181 Å². The maximum Gasteiger partial charge on any atom is 0.240 e. The van der Waals surface area contributed by atoms with Crippen molar-refractivity contribution in [1.29, 1.82) is 0 Å². The van der Waals surface area contributed by atoms with Gasteiger partial charge < -0.3 is 15.4 Å². The first-order valence-electron chi connectivity index (χ1n) is 8.43. The Morgan fingerprint density at radius 1 is 1.28 bits per heavy atom. The molecule has 0 aromatic heterocycles. The van der Waals surface area contributed by atoms with Gasteiger partial charge in [-0.05, 0) is 24.3 Å². The third-order valence-corrected chi connectivity index (χ3v) is 5.75. The number of halogens is 2. The number of methoxy groups -OCH3 is 1. The third kappa shape index (κ3) is 5.50. The molecule has 1 aliphatic heterocycles. The molecule has 1 atom stereocenters. The van der Waals surface area contributed by atoms with E-state index in [1.165, 1.54) is 6.21 Å². The van der Waals surface area contributed by atoms with Crippen molar-refractivity contribution >= 4 is 63.8 Å². The van der Waals surface area contributed by atoms with Gasteiger partial charge in [0, 0.05) is 12.0 Å². The summed E-state index contributed by atoms with van der Waals surface area (Å²) in [5.41, 5.74) is 1.14. The maximum absolute atomic E-state index is 12.3. The molecule has 10 heteroatoms. The minimum absolute atomic E-state index is 0.0470. The maximum atomic E-state index is 12.3. The van der Waals surface area contributed by atoms with Gasteiger partial charge in [0.05, 0.1) is 29.1 Å². The Balaban J connectivity index is 1.59. The Kier molecular flexibility index (Phi) is 7.13. The number of hydrogen-bond acceptors (Lipinski definition) is 6. The van der Waals surface area contributed by atoms with Crippen LogP contribution in [-0.2, 0) is 9.59 Å². The molecule has 0 aliphatic carbocycles. The first-order valence-corrected chi connectivity index (χ1v) is 10.1. The van der Waals surface area contributed by atoms with Crippen LogP contribution in [-0.4, -0.2) is 35.6 Å². The summed E-state index contributed by atoms with van der Waals surface area (Å²) < 4.78 is 5.23. The number of ether oxygens (including phenoxy) is 1. The van der Waals surface area contributed by atoms with Crippen molar-refractivity contribution in [2.45, 2.75) is 11.7 Å². The average Bonchev–Trinajstić information content (AvgIpc) is 3.05. The smallest absolute Gasteiger partial charge is 0.240 e. The minimum atomic E-state index is -0.617. The number of carbonyl (C=O) groups excluding carboxylic acids is 2. The second kappa shape index (κ2) is 9.78. The van der Waals surface area contributed by atoms with Crippen LogP contribution in [0.5, 0.6) is 5.75 Å². The number of thioether (sulfide) groups is 1. The van der Waals surface area contributed by atoms with Gasteiger partial charge in [0.25, 0.3) is 0 Å². The van der Waals surface area contributed by atoms with Crippen LogP contribution in [0.4, 0.5) is 5.69 Å². The molecule has 0 radical (unpaired) electrons.